The molecule has 1 aromatic rings. The number of amides is 5. The van der Waals surface area contributed by atoms with E-state index in [1.165, 1.54) is 14.0 Å². The van der Waals surface area contributed by atoms with E-state index in [1.54, 1.807) is 45.0 Å². The van der Waals surface area contributed by atoms with Crippen LogP contribution >= 0.6 is 0 Å². The van der Waals surface area contributed by atoms with Crippen LogP contribution in [-0.4, -0.2) is 73.3 Å². The quantitative estimate of drug-likeness (QED) is 0.107. The van der Waals surface area contributed by atoms with Crippen LogP contribution in [0.25, 0.3) is 0 Å². The number of guanidine groups is 1. The van der Waals surface area contributed by atoms with Gasteiger partial charge in [0.2, 0.25) is 29.5 Å². The Bertz CT molecular complexity index is 1160. The van der Waals surface area contributed by atoms with Crippen molar-refractivity contribution in [1.82, 2.24) is 31.9 Å². The van der Waals surface area contributed by atoms with Crippen molar-refractivity contribution in [3.63, 3.8) is 0 Å². The molecule has 9 N–H and O–H groups in total. The van der Waals surface area contributed by atoms with Gasteiger partial charge in [-0.05, 0) is 50.3 Å². The van der Waals surface area contributed by atoms with Crippen LogP contribution in [0.4, 0.5) is 0 Å². The number of hydrogen-bond acceptors (Lipinski definition) is 7. The van der Waals surface area contributed by atoms with Crippen LogP contribution in [0.5, 0.6) is 5.75 Å². The van der Waals surface area contributed by atoms with E-state index in [0.29, 0.717) is 17.7 Å². The zero-order chi connectivity index (χ0) is 31.4. The van der Waals surface area contributed by atoms with Gasteiger partial charge in [0.15, 0.2) is 5.96 Å². The molecular weight excluding hydrogens is 544 g/mol. The van der Waals surface area contributed by atoms with Crippen molar-refractivity contribution < 1.29 is 28.7 Å². The highest BCUT2D eigenvalue weighted by atomic mass is 16.5. The number of hydrogen-bond donors (Lipinski definition) is 8. The lowest BCUT2D eigenvalue weighted by atomic mass is 9.93. The van der Waals surface area contributed by atoms with Crippen molar-refractivity contribution in [2.45, 2.75) is 77.0 Å². The first-order valence-corrected chi connectivity index (χ1v) is 14.0. The fourth-order valence-corrected chi connectivity index (χ4v) is 4.29. The van der Waals surface area contributed by atoms with Gasteiger partial charge in [0.05, 0.1) is 7.11 Å². The van der Waals surface area contributed by atoms with E-state index >= 15 is 0 Å². The Balaban J connectivity index is 2.48. The third-order valence-electron chi connectivity index (χ3n) is 6.97. The summed E-state index contributed by atoms with van der Waals surface area (Å²) in [5.74, 6) is -2.89. The third kappa shape index (κ3) is 9.63. The van der Waals surface area contributed by atoms with E-state index in [2.05, 4.69) is 31.9 Å². The maximum Gasteiger partial charge on any atom is 0.247 e. The zero-order valence-electron chi connectivity index (χ0n) is 24.9. The van der Waals surface area contributed by atoms with E-state index in [9.17, 15) is 24.0 Å². The molecule has 1 aliphatic heterocycles. The monoisotopic (exact) mass is 588 g/mol. The third-order valence-corrected chi connectivity index (χ3v) is 6.97. The first-order chi connectivity index (χ1) is 19.8. The summed E-state index contributed by atoms with van der Waals surface area (Å²) in [7, 11) is 1.48. The second-order valence-corrected chi connectivity index (χ2v) is 10.7. The number of ether oxygens (including phenoxy) is 1. The van der Waals surface area contributed by atoms with Crippen molar-refractivity contribution in [1.29, 1.82) is 5.41 Å². The molecule has 0 aliphatic carbocycles. The molecule has 1 saturated heterocycles. The number of carbonyl (C=O) groups is 5. The van der Waals surface area contributed by atoms with Gasteiger partial charge < -0.3 is 42.4 Å². The minimum absolute atomic E-state index is 0.000370. The van der Waals surface area contributed by atoms with Gasteiger partial charge in [0.1, 0.15) is 29.4 Å². The molecule has 1 fully saturated rings. The van der Waals surface area contributed by atoms with Gasteiger partial charge in [-0.2, -0.15) is 0 Å². The van der Waals surface area contributed by atoms with Crippen LogP contribution in [0.2, 0.25) is 0 Å². The molecule has 0 aromatic heterocycles. The van der Waals surface area contributed by atoms with Gasteiger partial charge in [-0.3, -0.25) is 29.4 Å². The van der Waals surface area contributed by atoms with Gasteiger partial charge >= 0.3 is 0 Å². The number of benzene rings is 1. The first kappa shape index (κ1) is 33.8. The Morgan fingerprint density at radius 2 is 1.81 bits per heavy atom. The molecule has 14 heteroatoms. The average molecular weight is 589 g/mol. The highest BCUT2D eigenvalue weighted by Crippen LogP contribution is 2.21. The lowest BCUT2D eigenvalue weighted by molar-refractivity contribution is -0.138. The Morgan fingerprint density at radius 1 is 1.12 bits per heavy atom. The second kappa shape index (κ2) is 15.6. The van der Waals surface area contributed by atoms with E-state index < -0.39 is 53.2 Å². The van der Waals surface area contributed by atoms with Gasteiger partial charge in [-0.15, -0.1) is 0 Å². The number of rotatable bonds is 9. The summed E-state index contributed by atoms with van der Waals surface area (Å²) in [5.41, 5.74) is 4.32. The predicted molar refractivity (Wildman–Crippen MR) is 156 cm³/mol. The van der Waals surface area contributed by atoms with Crippen molar-refractivity contribution >= 4 is 35.5 Å². The van der Waals surface area contributed by atoms with E-state index in [-0.39, 0.29) is 44.2 Å². The zero-order valence-corrected chi connectivity index (χ0v) is 24.9. The molecular formula is C28H44N8O6. The topological polar surface area (TPSA) is 217 Å². The van der Waals surface area contributed by atoms with Crippen LogP contribution in [0.3, 0.4) is 0 Å². The fraction of sp³-hybridized carbons (Fsp3) is 0.571. The molecule has 1 aliphatic rings. The smallest absolute Gasteiger partial charge is 0.247 e. The maximum atomic E-state index is 13.6. The maximum absolute atomic E-state index is 13.6. The lowest BCUT2D eigenvalue weighted by Crippen LogP contribution is -2.63. The number of methoxy groups -OCH3 is 1. The second-order valence-electron chi connectivity index (χ2n) is 10.7. The molecule has 14 nitrogen and oxygen atoms in total. The summed E-state index contributed by atoms with van der Waals surface area (Å²) in [6, 6.07) is 3.49. The van der Waals surface area contributed by atoms with Crippen LogP contribution in [-0.2, 0) is 24.0 Å². The minimum atomic E-state index is -1.48. The van der Waals surface area contributed by atoms with Gasteiger partial charge in [-0.25, -0.2) is 0 Å². The fourth-order valence-electron chi connectivity index (χ4n) is 4.29. The normalized spacial score (nSPS) is 23.9. The molecule has 42 heavy (non-hydrogen) atoms. The van der Waals surface area contributed by atoms with Crippen LogP contribution in [0.15, 0.2) is 24.3 Å². The highest BCUT2D eigenvalue weighted by molar-refractivity contribution is 5.97. The summed E-state index contributed by atoms with van der Waals surface area (Å²) >= 11 is 0. The highest BCUT2D eigenvalue weighted by Gasteiger charge is 2.39. The number of nitrogens with two attached hydrogens (primary N) is 1. The van der Waals surface area contributed by atoms with Gasteiger partial charge in [0, 0.05) is 19.0 Å². The molecule has 0 unspecified atom stereocenters. The van der Waals surface area contributed by atoms with E-state index in [1.807, 2.05) is 0 Å². The van der Waals surface area contributed by atoms with Crippen molar-refractivity contribution in [3.05, 3.63) is 29.8 Å². The Labute approximate surface area is 246 Å². The summed E-state index contributed by atoms with van der Waals surface area (Å²) in [6.07, 6.45) is 0.732. The number of carbonyl (C=O) groups excluding carboxylic acids is 5. The van der Waals surface area contributed by atoms with Gasteiger partial charge in [0.25, 0.3) is 0 Å². The van der Waals surface area contributed by atoms with E-state index in [4.69, 9.17) is 15.9 Å². The SMILES string of the molecule is CC[C@@H]1NC(=O)[C@H](CCCNC(=N)N)NC(=O)[C@](C)(NC(=O)C(C)C)CCNC(=O)[C@@H](c2cccc(OC)c2)NC1=O. The molecule has 1 heterocycles. The molecule has 0 saturated carbocycles. The molecule has 2 rings (SSSR count). The Hall–Kier alpha value is -4.36. The summed E-state index contributed by atoms with van der Waals surface area (Å²) in [4.78, 5) is 66.5. The molecule has 4 atom stereocenters. The minimum Gasteiger partial charge on any atom is -0.497 e. The molecule has 0 radical (unpaired) electrons. The Morgan fingerprint density at radius 3 is 2.43 bits per heavy atom. The molecule has 1 aromatic carbocycles. The lowest BCUT2D eigenvalue weighted by Gasteiger charge is -2.33. The average Bonchev–Trinajstić information content (AvgIpc) is 2.94. The molecule has 0 spiro atoms. The molecule has 232 valence electrons. The first-order valence-electron chi connectivity index (χ1n) is 14.0. The summed E-state index contributed by atoms with van der Waals surface area (Å²) < 4.78 is 5.28. The largest absolute Gasteiger partial charge is 0.497 e. The van der Waals surface area contributed by atoms with Crippen molar-refractivity contribution in [3.8, 4) is 5.75 Å². The van der Waals surface area contributed by atoms with Gasteiger partial charge in [-0.1, -0.05) is 32.9 Å². The summed E-state index contributed by atoms with van der Waals surface area (Å²) in [6.45, 7) is 6.87. The van der Waals surface area contributed by atoms with Crippen LogP contribution in [0.1, 0.15) is 65.0 Å². The predicted octanol–water partition coefficient (Wildman–Crippen LogP) is -0.454. The number of nitrogens with one attached hydrogen (secondary N) is 7. The van der Waals surface area contributed by atoms with E-state index in [0.717, 1.165) is 0 Å². The summed E-state index contributed by atoms with van der Waals surface area (Å²) in [5, 5.41) is 23.7. The Kier molecular flexibility index (Phi) is 12.6. The van der Waals surface area contributed by atoms with Crippen molar-refractivity contribution in [2.75, 3.05) is 20.2 Å². The van der Waals surface area contributed by atoms with Crippen molar-refractivity contribution in [2.24, 2.45) is 11.7 Å². The molecule has 0 bridgehead atoms. The van der Waals surface area contributed by atoms with Crippen LogP contribution in [0, 0.1) is 11.3 Å². The standard InChI is InChI=1S/C28H44N8O6/c1-6-19-23(38)35-21(17-9-7-10-18(15-17)42-5)25(40)31-14-12-28(4,36-22(37)16(2)3)26(41)34-20(24(39)33-19)11-8-13-32-27(29)30/h7,9-10,15-16,19-21H,6,8,11-14H2,1-5H3,(H,31,40)(H,33,39)(H,34,41)(H,35,38)(H,36,37)(H4,29,30,32)/t19-,20-,21+,28+/m0/s1. The molecule has 5 amide bonds. The van der Waals surface area contributed by atoms with Crippen LogP contribution < -0.4 is 42.4 Å².